The molecule has 9 heteroatoms. The van der Waals surface area contributed by atoms with Crippen LogP contribution in [0, 0.1) is 0 Å². The second kappa shape index (κ2) is 11.7. The van der Waals surface area contributed by atoms with Gasteiger partial charge in [-0.05, 0) is 35.9 Å². The Labute approximate surface area is 201 Å². The summed E-state index contributed by atoms with van der Waals surface area (Å²) in [6.45, 7) is 1.38. The fourth-order valence-electron chi connectivity index (χ4n) is 3.08. The van der Waals surface area contributed by atoms with Crippen molar-refractivity contribution in [3.8, 4) is 0 Å². The van der Waals surface area contributed by atoms with Crippen LogP contribution in [0.3, 0.4) is 0 Å². The molecule has 174 valence electrons. The van der Waals surface area contributed by atoms with Crippen molar-refractivity contribution in [2.75, 3.05) is 12.4 Å². The van der Waals surface area contributed by atoms with E-state index in [9.17, 15) is 14.4 Å². The lowest BCUT2D eigenvalue weighted by Gasteiger charge is -2.13. The predicted octanol–water partition coefficient (Wildman–Crippen LogP) is 2.66. The number of rotatable bonds is 6. The van der Waals surface area contributed by atoms with Gasteiger partial charge in [-0.15, -0.1) is 0 Å². The predicted molar refractivity (Wildman–Crippen MR) is 131 cm³/mol. The van der Waals surface area contributed by atoms with Gasteiger partial charge in [0.25, 0.3) is 5.91 Å². The molecule has 0 saturated carbocycles. The summed E-state index contributed by atoms with van der Waals surface area (Å²) in [7, 11) is 1.16. The zero-order valence-electron chi connectivity index (χ0n) is 18.8. The maximum absolute atomic E-state index is 12.9. The SMILES string of the molecule is COC(=O)N(C(=O)Cc1ccccc1)C(N)=[NH+]c1cc(Sc2ccccc2)ccc1NC(C)=O. The highest BCUT2D eigenvalue weighted by Gasteiger charge is 2.33. The number of imide groups is 1. The summed E-state index contributed by atoms with van der Waals surface area (Å²) in [5, 5.41) is 2.72. The first kappa shape index (κ1) is 24.5. The molecule has 3 aromatic rings. The number of nitrogens with two attached hydrogens (primary N) is 1. The van der Waals surface area contributed by atoms with Crippen molar-refractivity contribution in [1.82, 2.24) is 4.90 Å². The van der Waals surface area contributed by atoms with Crippen LogP contribution in [0.15, 0.2) is 88.7 Å². The van der Waals surface area contributed by atoms with E-state index in [1.165, 1.54) is 18.7 Å². The maximum atomic E-state index is 12.9. The zero-order chi connectivity index (χ0) is 24.5. The number of hydrogen-bond donors (Lipinski definition) is 3. The van der Waals surface area contributed by atoms with Crippen molar-refractivity contribution >= 4 is 47.0 Å². The number of hydrogen-bond acceptors (Lipinski definition) is 5. The number of methoxy groups -OCH3 is 1. The van der Waals surface area contributed by atoms with E-state index in [-0.39, 0.29) is 18.3 Å². The van der Waals surface area contributed by atoms with Crippen LogP contribution in [0.25, 0.3) is 0 Å². The largest absolute Gasteiger partial charge is 0.485 e. The van der Waals surface area contributed by atoms with Crippen LogP contribution in [0.4, 0.5) is 16.2 Å². The van der Waals surface area contributed by atoms with Crippen LogP contribution >= 0.6 is 11.8 Å². The number of benzene rings is 3. The molecule has 0 atom stereocenters. The van der Waals surface area contributed by atoms with Crippen LogP contribution in [-0.2, 0) is 20.7 Å². The molecule has 0 aliphatic carbocycles. The van der Waals surface area contributed by atoms with Crippen molar-refractivity contribution in [1.29, 1.82) is 0 Å². The second-order valence-electron chi connectivity index (χ2n) is 7.18. The average molecular weight is 478 g/mol. The van der Waals surface area contributed by atoms with E-state index < -0.39 is 12.0 Å². The van der Waals surface area contributed by atoms with E-state index in [2.05, 4.69) is 10.3 Å². The van der Waals surface area contributed by atoms with E-state index in [0.717, 1.165) is 27.4 Å². The number of carbonyl (C=O) groups excluding carboxylic acids is 3. The van der Waals surface area contributed by atoms with Crippen LogP contribution in [0.5, 0.6) is 0 Å². The molecule has 0 unspecified atom stereocenters. The van der Waals surface area contributed by atoms with Crippen molar-refractivity contribution in [3.05, 3.63) is 84.4 Å². The highest BCUT2D eigenvalue weighted by molar-refractivity contribution is 7.99. The van der Waals surface area contributed by atoms with E-state index in [1.807, 2.05) is 42.5 Å². The Balaban J connectivity index is 1.96. The monoisotopic (exact) mass is 477 g/mol. The Morgan fingerprint density at radius 1 is 0.971 bits per heavy atom. The fourth-order valence-corrected chi connectivity index (χ4v) is 3.96. The molecule has 34 heavy (non-hydrogen) atoms. The van der Waals surface area contributed by atoms with Gasteiger partial charge < -0.3 is 10.1 Å². The standard InChI is InChI=1S/C25H24N4O4S/c1-17(30)27-21-14-13-20(34-19-11-7-4-8-12-19)16-22(21)28-24(26)29(25(32)33-2)23(31)15-18-9-5-3-6-10-18/h3-14,16H,15H2,1-2H3,(H2,26,28)(H,27,30)/p+1. The fraction of sp³-hybridized carbons (Fsp3) is 0.120. The number of nitrogens with zero attached hydrogens (tertiary/aromatic N) is 1. The van der Waals surface area contributed by atoms with Gasteiger partial charge in [-0.2, -0.15) is 0 Å². The molecule has 8 nitrogen and oxygen atoms in total. The van der Waals surface area contributed by atoms with Crippen LogP contribution < -0.4 is 16.0 Å². The quantitative estimate of drug-likeness (QED) is 0.371. The Morgan fingerprint density at radius 2 is 1.62 bits per heavy atom. The molecule has 3 aromatic carbocycles. The molecule has 0 aliphatic heterocycles. The summed E-state index contributed by atoms with van der Waals surface area (Å²) in [4.78, 5) is 42.6. The van der Waals surface area contributed by atoms with Gasteiger partial charge in [-0.25, -0.2) is 9.79 Å². The number of nitrogens with one attached hydrogen (secondary N) is 2. The lowest BCUT2D eigenvalue weighted by Crippen LogP contribution is -2.75. The normalized spacial score (nSPS) is 10.9. The molecule has 0 radical (unpaired) electrons. The molecule has 0 heterocycles. The molecule has 0 fully saturated rings. The number of amides is 3. The first-order valence-corrected chi connectivity index (χ1v) is 11.2. The van der Waals surface area contributed by atoms with Gasteiger partial charge in [0.05, 0.1) is 19.2 Å². The second-order valence-corrected chi connectivity index (χ2v) is 8.32. The van der Waals surface area contributed by atoms with Crippen LogP contribution in [0.1, 0.15) is 12.5 Å². The Hall–Kier alpha value is -4.11. The number of guanidine groups is 1. The van der Waals surface area contributed by atoms with Gasteiger partial charge in [0.2, 0.25) is 5.91 Å². The van der Waals surface area contributed by atoms with Crippen molar-refractivity contribution in [3.63, 3.8) is 0 Å². The van der Waals surface area contributed by atoms with Crippen molar-refractivity contribution in [2.45, 2.75) is 23.1 Å². The lowest BCUT2D eigenvalue weighted by atomic mass is 10.1. The smallest absolute Gasteiger partial charge is 0.440 e. The average Bonchev–Trinajstić information content (AvgIpc) is 2.81. The number of carbonyl (C=O) groups is 3. The van der Waals surface area contributed by atoms with Gasteiger partial charge in [0, 0.05) is 16.7 Å². The van der Waals surface area contributed by atoms with E-state index in [4.69, 9.17) is 10.5 Å². The third kappa shape index (κ3) is 6.69. The van der Waals surface area contributed by atoms with Crippen molar-refractivity contribution < 1.29 is 24.1 Å². The highest BCUT2D eigenvalue weighted by atomic mass is 32.2. The third-order valence-electron chi connectivity index (χ3n) is 4.59. The van der Waals surface area contributed by atoms with Crippen LogP contribution in [-0.4, -0.2) is 35.9 Å². The molecule has 0 bridgehead atoms. The minimum Gasteiger partial charge on any atom is -0.440 e. The summed E-state index contributed by atoms with van der Waals surface area (Å²) in [5.41, 5.74) is 7.74. The minimum absolute atomic E-state index is 0.0548. The molecular formula is C25H25N4O4S+. The minimum atomic E-state index is -0.929. The molecule has 4 N–H and O–H groups in total. The van der Waals surface area contributed by atoms with E-state index in [1.54, 1.807) is 36.4 Å². The molecular weight excluding hydrogens is 452 g/mol. The van der Waals surface area contributed by atoms with Crippen LogP contribution in [0.2, 0.25) is 0 Å². The summed E-state index contributed by atoms with van der Waals surface area (Å²) in [6.07, 6.45) is -0.984. The van der Waals surface area contributed by atoms with Gasteiger partial charge >= 0.3 is 12.1 Å². The van der Waals surface area contributed by atoms with Gasteiger partial charge in [0.15, 0.2) is 0 Å². The first-order chi connectivity index (χ1) is 16.4. The molecule has 3 amide bonds. The summed E-state index contributed by atoms with van der Waals surface area (Å²) >= 11 is 1.51. The molecule has 0 saturated heterocycles. The number of ether oxygens (including phenoxy) is 1. The Kier molecular flexibility index (Phi) is 8.42. The van der Waals surface area contributed by atoms with Gasteiger partial charge in [0.1, 0.15) is 5.69 Å². The van der Waals surface area contributed by atoms with E-state index >= 15 is 0 Å². The molecule has 0 spiro atoms. The van der Waals surface area contributed by atoms with E-state index in [0.29, 0.717) is 11.4 Å². The number of anilines is 1. The summed E-state index contributed by atoms with van der Waals surface area (Å²) in [6, 6.07) is 24.1. The molecule has 3 rings (SSSR count). The first-order valence-electron chi connectivity index (χ1n) is 10.4. The third-order valence-corrected chi connectivity index (χ3v) is 5.59. The highest BCUT2D eigenvalue weighted by Crippen LogP contribution is 2.31. The summed E-state index contributed by atoms with van der Waals surface area (Å²) < 4.78 is 4.78. The van der Waals surface area contributed by atoms with Gasteiger partial charge in [-0.3, -0.25) is 15.3 Å². The summed E-state index contributed by atoms with van der Waals surface area (Å²) in [5.74, 6) is -1.10. The zero-order valence-corrected chi connectivity index (χ0v) is 19.6. The topological polar surface area (TPSA) is 116 Å². The van der Waals surface area contributed by atoms with Gasteiger partial charge in [-0.1, -0.05) is 65.2 Å². The molecule has 0 aliphatic rings. The Bertz CT molecular complexity index is 1200. The Morgan fingerprint density at radius 3 is 2.24 bits per heavy atom. The molecule has 0 aromatic heterocycles. The lowest BCUT2D eigenvalue weighted by molar-refractivity contribution is -0.360. The van der Waals surface area contributed by atoms with Crippen molar-refractivity contribution in [2.24, 2.45) is 5.73 Å². The maximum Gasteiger partial charge on any atom is 0.485 e.